The third-order valence-corrected chi connectivity index (χ3v) is 3.03. The molecule has 0 aliphatic carbocycles. The molecule has 1 atom stereocenters. The molecule has 1 unspecified atom stereocenters. The van der Waals surface area contributed by atoms with Crippen LogP contribution in [0, 0.1) is 11.6 Å². The Hall–Kier alpha value is -0.650. The van der Waals surface area contributed by atoms with Crippen molar-refractivity contribution in [3.63, 3.8) is 0 Å². The Bertz CT molecular complexity index is 334. The highest BCUT2D eigenvalue weighted by Gasteiger charge is 2.08. The van der Waals surface area contributed by atoms with Crippen LogP contribution in [0.4, 0.5) is 8.78 Å². The van der Waals surface area contributed by atoms with E-state index in [1.165, 1.54) is 12.1 Å². The predicted octanol–water partition coefficient (Wildman–Crippen LogP) is 2.45. The molecule has 0 amide bonds. The molecule has 0 aliphatic rings. The summed E-state index contributed by atoms with van der Waals surface area (Å²) >= 11 is 1.14. The first-order chi connectivity index (χ1) is 7.63. The number of halogens is 2. The van der Waals surface area contributed by atoms with E-state index in [2.05, 4.69) is 0 Å². The van der Waals surface area contributed by atoms with Crippen LogP contribution >= 0.6 is 11.8 Å². The molecule has 1 aromatic rings. The highest BCUT2D eigenvalue weighted by atomic mass is 32.2. The molecule has 0 spiro atoms. The second kappa shape index (κ2) is 6.83. The van der Waals surface area contributed by atoms with E-state index in [9.17, 15) is 13.9 Å². The van der Waals surface area contributed by atoms with Gasteiger partial charge >= 0.3 is 0 Å². The summed E-state index contributed by atoms with van der Waals surface area (Å²) in [5, 5.41) is 9.44. The van der Waals surface area contributed by atoms with Gasteiger partial charge in [-0.25, -0.2) is 8.78 Å². The van der Waals surface area contributed by atoms with Crippen molar-refractivity contribution in [2.24, 2.45) is 0 Å². The lowest BCUT2D eigenvalue weighted by Crippen LogP contribution is -2.17. The number of thioether (sulfide) groups is 1. The molecule has 2 nitrogen and oxygen atoms in total. The molecule has 90 valence electrons. The Labute approximate surface area is 97.6 Å². The van der Waals surface area contributed by atoms with Crippen LogP contribution < -0.4 is 0 Å². The molecule has 16 heavy (non-hydrogen) atoms. The van der Waals surface area contributed by atoms with Crippen molar-refractivity contribution < 1.29 is 18.6 Å². The van der Waals surface area contributed by atoms with Gasteiger partial charge in [-0.1, -0.05) is 0 Å². The second-order valence-corrected chi connectivity index (χ2v) is 4.26. The number of hydrogen-bond acceptors (Lipinski definition) is 3. The van der Waals surface area contributed by atoms with Gasteiger partial charge in [0.2, 0.25) is 0 Å². The maximum atomic E-state index is 13.2. The molecular formula is C11H14F2O2S. The van der Waals surface area contributed by atoms with Crippen LogP contribution in [0.1, 0.15) is 6.92 Å². The lowest BCUT2D eigenvalue weighted by atomic mass is 10.3. The van der Waals surface area contributed by atoms with Gasteiger partial charge in [0.25, 0.3) is 0 Å². The zero-order chi connectivity index (χ0) is 12.0. The smallest absolute Gasteiger partial charge is 0.139 e. The molecule has 1 rings (SSSR count). The van der Waals surface area contributed by atoms with Crippen molar-refractivity contribution in [2.45, 2.75) is 17.9 Å². The fourth-order valence-electron chi connectivity index (χ4n) is 1.08. The Balaban J connectivity index is 2.42. The fraction of sp³-hybridized carbons (Fsp3) is 0.455. The Morgan fingerprint density at radius 1 is 1.44 bits per heavy atom. The van der Waals surface area contributed by atoms with Gasteiger partial charge < -0.3 is 9.84 Å². The van der Waals surface area contributed by atoms with E-state index < -0.39 is 17.7 Å². The van der Waals surface area contributed by atoms with E-state index in [-0.39, 0.29) is 6.61 Å². The zero-order valence-corrected chi connectivity index (χ0v) is 9.77. The topological polar surface area (TPSA) is 29.5 Å². The quantitative estimate of drug-likeness (QED) is 0.784. The zero-order valence-electron chi connectivity index (χ0n) is 8.95. The van der Waals surface area contributed by atoms with Crippen LogP contribution in [0.25, 0.3) is 0 Å². The number of benzene rings is 1. The summed E-state index contributed by atoms with van der Waals surface area (Å²) in [6.07, 6.45) is -0.644. The summed E-state index contributed by atoms with van der Waals surface area (Å²) < 4.78 is 30.8. The minimum absolute atomic E-state index is 0.228. The average molecular weight is 248 g/mol. The van der Waals surface area contributed by atoms with Gasteiger partial charge in [-0.15, -0.1) is 11.8 Å². The minimum Gasteiger partial charge on any atom is -0.390 e. The van der Waals surface area contributed by atoms with Crippen LogP contribution in [-0.4, -0.2) is 30.2 Å². The second-order valence-electron chi connectivity index (χ2n) is 3.20. The first kappa shape index (κ1) is 13.4. The molecule has 0 saturated heterocycles. The maximum Gasteiger partial charge on any atom is 0.139 e. The first-order valence-electron chi connectivity index (χ1n) is 4.97. The lowest BCUT2D eigenvalue weighted by molar-refractivity contribution is 0.0551. The largest absolute Gasteiger partial charge is 0.390 e. The van der Waals surface area contributed by atoms with Crippen molar-refractivity contribution in [1.29, 1.82) is 0 Å². The van der Waals surface area contributed by atoms with Gasteiger partial charge in [0.05, 0.1) is 12.7 Å². The van der Waals surface area contributed by atoms with Crippen LogP contribution in [0.15, 0.2) is 23.1 Å². The van der Waals surface area contributed by atoms with E-state index in [1.54, 1.807) is 0 Å². The summed E-state index contributed by atoms with van der Waals surface area (Å²) in [7, 11) is 0. The number of hydrogen-bond donors (Lipinski definition) is 1. The predicted molar refractivity (Wildman–Crippen MR) is 59.6 cm³/mol. The van der Waals surface area contributed by atoms with Crippen LogP contribution in [-0.2, 0) is 4.74 Å². The first-order valence-corrected chi connectivity index (χ1v) is 5.95. The van der Waals surface area contributed by atoms with E-state index in [1.807, 2.05) is 6.92 Å². The average Bonchev–Trinajstić information content (AvgIpc) is 2.25. The Morgan fingerprint density at radius 2 is 2.19 bits per heavy atom. The monoisotopic (exact) mass is 248 g/mol. The fourth-order valence-corrected chi connectivity index (χ4v) is 1.91. The molecule has 5 heteroatoms. The number of aliphatic hydroxyl groups is 1. The molecule has 0 aromatic heterocycles. The van der Waals surface area contributed by atoms with Gasteiger partial charge in [-0.3, -0.25) is 0 Å². The van der Waals surface area contributed by atoms with Crippen LogP contribution in [0.5, 0.6) is 0 Å². The van der Waals surface area contributed by atoms with Crippen LogP contribution in [0.3, 0.4) is 0 Å². The number of aliphatic hydroxyl groups excluding tert-OH is 1. The van der Waals surface area contributed by atoms with Crippen molar-refractivity contribution in [2.75, 3.05) is 19.0 Å². The normalized spacial score (nSPS) is 12.8. The lowest BCUT2D eigenvalue weighted by Gasteiger charge is -2.10. The van der Waals surface area contributed by atoms with Crippen molar-refractivity contribution >= 4 is 11.8 Å². The molecular weight excluding hydrogens is 234 g/mol. The molecule has 0 saturated carbocycles. The molecule has 0 aliphatic heterocycles. The van der Waals surface area contributed by atoms with Gasteiger partial charge in [-0.05, 0) is 19.1 Å². The molecule has 1 aromatic carbocycles. The number of ether oxygens (including phenoxy) is 1. The summed E-state index contributed by atoms with van der Waals surface area (Å²) in [6.45, 7) is 2.60. The molecule has 0 heterocycles. The molecule has 1 N–H and O–H groups in total. The van der Waals surface area contributed by atoms with Crippen molar-refractivity contribution in [3.05, 3.63) is 29.8 Å². The molecule has 0 radical (unpaired) electrons. The van der Waals surface area contributed by atoms with E-state index in [0.29, 0.717) is 17.3 Å². The van der Waals surface area contributed by atoms with E-state index in [0.717, 1.165) is 17.8 Å². The van der Waals surface area contributed by atoms with Gasteiger partial charge in [0.1, 0.15) is 11.6 Å². The third-order valence-electron chi connectivity index (χ3n) is 1.84. The van der Waals surface area contributed by atoms with Crippen LogP contribution in [0.2, 0.25) is 0 Å². The molecule has 0 bridgehead atoms. The molecule has 0 fully saturated rings. The van der Waals surface area contributed by atoms with Gasteiger partial charge in [0.15, 0.2) is 0 Å². The standard InChI is InChI=1S/C11H14F2O2S/c1-2-15-6-9(14)7-16-11-4-3-8(12)5-10(11)13/h3-5,9,14H,2,6-7H2,1H3. The Morgan fingerprint density at radius 3 is 2.81 bits per heavy atom. The summed E-state index contributed by atoms with van der Waals surface area (Å²) in [6, 6.07) is 3.39. The highest BCUT2D eigenvalue weighted by molar-refractivity contribution is 7.99. The van der Waals surface area contributed by atoms with Crippen molar-refractivity contribution in [3.8, 4) is 0 Å². The SMILES string of the molecule is CCOCC(O)CSc1ccc(F)cc1F. The highest BCUT2D eigenvalue weighted by Crippen LogP contribution is 2.22. The van der Waals surface area contributed by atoms with Gasteiger partial charge in [-0.2, -0.15) is 0 Å². The maximum absolute atomic E-state index is 13.2. The van der Waals surface area contributed by atoms with E-state index >= 15 is 0 Å². The van der Waals surface area contributed by atoms with Crippen molar-refractivity contribution in [1.82, 2.24) is 0 Å². The number of rotatable bonds is 6. The summed E-state index contributed by atoms with van der Waals surface area (Å²) in [5.41, 5.74) is 0. The minimum atomic E-state index is -0.644. The third kappa shape index (κ3) is 4.47. The van der Waals surface area contributed by atoms with Gasteiger partial charge in [0, 0.05) is 23.3 Å². The van der Waals surface area contributed by atoms with E-state index in [4.69, 9.17) is 4.74 Å². The summed E-state index contributed by atoms with van der Waals surface area (Å²) in [4.78, 5) is 0.331. The Kier molecular flexibility index (Phi) is 5.73. The summed E-state index contributed by atoms with van der Waals surface area (Å²) in [5.74, 6) is -0.881.